The first-order valence-electron chi connectivity index (χ1n) is 9.40. The SMILES string of the molecule is C=CCCCCCCCCC1=NCC[N+]1(CC)CCNC(C)=O. The molecule has 0 spiro atoms. The lowest BCUT2D eigenvalue weighted by Crippen LogP contribution is -2.54. The van der Waals surface area contributed by atoms with Crippen LogP contribution >= 0.6 is 0 Å². The molecule has 0 saturated heterocycles. The average molecular weight is 323 g/mol. The number of carbonyl (C=O) groups excluding carboxylic acids is 1. The summed E-state index contributed by atoms with van der Waals surface area (Å²) >= 11 is 0. The van der Waals surface area contributed by atoms with Crippen LogP contribution in [0.15, 0.2) is 17.6 Å². The van der Waals surface area contributed by atoms with Gasteiger partial charge in [-0.3, -0.25) is 9.28 Å². The number of allylic oxidation sites excluding steroid dienone is 1. The predicted molar refractivity (Wildman–Crippen MR) is 98.7 cm³/mol. The van der Waals surface area contributed by atoms with Gasteiger partial charge in [-0.05, 0) is 26.2 Å². The van der Waals surface area contributed by atoms with Crippen molar-refractivity contribution in [2.45, 2.75) is 65.2 Å². The van der Waals surface area contributed by atoms with Crippen molar-refractivity contribution >= 4 is 11.7 Å². The molecule has 1 aliphatic rings. The van der Waals surface area contributed by atoms with Crippen LogP contribution in [-0.2, 0) is 4.79 Å². The molecule has 0 aromatic rings. The van der Waals surface area contributed by atoms with Gasteiger partial charge < -0.3 is 5.32 Å². The Hall–Kier alpha value is -1.16. The number of amides is 1. The van der Waals surface area contributed by atoms with Gasteiger partial charge in [0.05, 0.1) is 19.6 Å². The van der Waals surface area contributed by atoms with E-state index in [4.69, 9.17) is 4.99 Å². The lowest BCUT2D eigenvalue weighted by molar-refractivity contribution is -0.833. The zero-order valence-electron chi connectivity index (χ0n) is 15.3. The van der Waals surface area contributed by atoms with E-state index in [2.05, 4.69) is 18.8 Å². The lowest BCUT2D eigenvalue weighted by atomic mass is 10.1. The van der Waals surface area contributed by atoms with Gasteiger partial charge in [0.2, 0.25) is 5.91 Å². The van der Waals surface area contributed by atoms with Crippen LogP contribution in [0.3, 0.4) is 0 Å². The normalized spacial score (nSPS) is 20.3. The molecular formula is C19H36N3O+. The molecule has 0 fully saturated rings. The van der Waals surface area contributed by atoms with Gasteiger partial charge in [-0.25, -0.2) is 4.99 Å². The smallest absolute Gasteiger partial charge is 0.217 e. The molecule has 4 heteroatoms. The van der Waals surface area contributed by atoms with Crippen molar-refractivity contribution in [1.29, 1.82) is 0 Å². The fourth-order valence-corrected chi connectivity index (χ4v) is 3.43. The molecule has 1 heterocycles. The molecule has 0 bridgehead atoms. The number of carbonyl (C=O) groups is 1. The molecule has 1 amide bonds. The summed E-state index contributed by atoms with van der Waals surface area (Å²) in [7, 11) is 0. The minimum absolute atomic E-state index is 0.0633. The topological polar surface area (TPSA) is 41.5 Å². The number of rotatable bonds is 13. The molecule has 1 unspecified atom stereocenters. The quantitative estimate of drug-likeness (QED) is 0.314. The second-order valence-electron chi connectivity index (χ2n) is 6.64. The van der Waals surface area contributed by atoms with Crippen molar-refractivity contribution in [3.8, 4) is 0 Å². The highest BCUT2D eigenvalue weighted by Gasteiger charge is 2.35. The van der Waals surface area contributed by atoms with E-state index in [9.17, 15) is 4.79 Å². The molecule has 23 heavy (non-hydrogen) atoms. The summed E-state index contributed by atoms with van der Waals surface area (Å²) in [6, 6.07) is 0. The fraction of sp³-hybridized carbons (Fsp3) is 0.789. The molecule has 1 atom stereocenters. The molecule has 0 aliphatic carbocycles. The van der Waals surface area contributed by atoms with Crippen molar-refractivity contribution in [2.24, 2.45) is 4.99 Å². The van der Waals surface area contributed by atoms with E-state index in [1.165, 1.54) is 44.4 Å². The summed E-state index contributed by atoms with van der Waals surface area (Å²) in [4.78, 5) is 15.9. The molecular weight excluding hydrogens is 286 g/mol. The van der Waals surface area contributed by atoms with E-state index in [-0.39, 0.29) is 5.91 Å². The summed E-state index contributed by atoms with van der Waals surface area (Å²) in [5.41, 5.74) is 0. The standard InChI is InChI=1S/C19H35N3O/c1-4-6-7-8-9-10-11-12-13-19-21-15-17-22(19,5-2)16-14-20-18(3)23/h4H,1,5-17H2,2-3H3/p+1. The van der Waals surface area contributed by atoms with E-state index in [1.807, 2.05) is 6.08 Å². The summed E-state index contributed by atoms with van der Waals surface area (Å²) in [5, 5.41) is 2.94. The minimum Gasteiger partial charge on any atom is -0.351 e. The highest BCUT2D eigenvalue weighted by molar-refractivity contribution is 5.77. The van der Waals surface area contributed by atoms with Gasteiger partial charge in [-0.2, -0.15) is 0 Å². The molecule has 0 aromatic heterocycles. The molecule has 0 saturated carbocycles. The Labute approximate surface area is 142 Å². The van der Waals surface area contributed by atoms with Crippen molar-refractivity contribution in [3.05, 3.63) is 12.7 Å². The van der Waals surface area contributed by atoms with E-state index >= 15 is 0 Å². The largest absolute Gasteiger partial charge is 0.351 e. The Morgan fingerprint density at radius 2 is 1.96 bits per heavy atom. The number of quaternary nitrogens is 1. The van der Waals surface area contributed by atoms with Crippen molar-refractivity contribution in [3.63, 3.8) is 0 Å². The maximum Gasteiger partial charge on any atom is 0.217 e. The first-order chi connectivity index (χ1) is 11.1. The van der Waals surface area contributed by atoms with Crippen LogP contribution in [-0.4, -0.2) is 48.9 Å². The number of nitrogens with zero attached hydrogens (tertiary/aromatic N) is 2. The molecule has 132 valence electrons. The fourth-order valence-electron chi connectivity index (χ4n) is 3.43. The first kappa shape index (κ1) is 19.9. The van der Waals surface area contributed by atoms with Crippen LogP contribution in [0.2, 0.25) is 0 Å². The summed E-state index contributed by atoms with van der Waals surface area (Å²) in [6.45, 7) is 12.5. The molecule has 1 N–H and O–H groups in total. The summed E-state index contributed by atoms with van der Waals surface area (Å²) < 4.78 is 0.986. The van der Waals surface area contributed by atoms with E-state index in [0.29, 0.717) is 0 Å². The van der Waals surface area contributed by atoms with E-state index in [0.717, 1.165) is 50.0 Å². The van der Waals surface area contributed by atoms with Crippen molar-refractivity contribution in [1.82, 2.24) is 5.32 Å². The number of aliphatic imine (C=N–C) groups is 1. The maximum atomic E-state index is 11.1. The number of amidine groups is 1. The highest BCUT2D eigenvalue weighted by atomic mass is 16.1. The lowest BCUT2D eigenvalue weighted by Gasteiger charge is -2.33. The zero-order valence-corrected chi connectivity index (χ0v) is 15.3. The summed E-state index contributed by atoms with van der Waals surface area (Å²) in [6.07, 6.45) is 12.2. The van der Waals surface area contributed by atoms with Crippen molar-refractivity contribution in [2.75, 3.05) is 32.7 Å². The summed E-state index contributed by atoms with van der Waals surface area (Å²) in [5.74, 6) is 1.43. The Bertz CT molecular complexity index is 392. The maximum absolute atomic E-state index is 11.1. The van der Waals surface area contributed by atoms with E-state index in [1.54, 1.807) is 6.92 Å². The first-order valence-corrected chi connectivity index (χ1v) is 9.40. The minimum atomic E-state index is 0.0633. The van der Waals surface area contributed by atoms with Gasteiger partial charge in [0.1, 0.15) is 13.1 Å². The zero-order chi connectivity index (χ0) is 17.0. The van der Waals surface area contributed by atoms with Gasteiger partial charge in [-0.15, -0.1) is 6.58 Å². The predicted octanol–water partition coefficient (Wildman–Crippen LogP) is 3.68. The number of hydrogen-bond donors (Lipinski definition) is 1. The second kappa shape index (κ2) is 11.4. The number of unbranched alkanes of at least 4 members (excludes halogenated alkanes) is 6. The number of hydrogen-bond acceptors (Lipinski definition) is 2. The third-order valence-corrected chi connectivity index (χ3v) is 4.95. The Kier molecular flexibility index (Phi) is 9.85. The van der Waals surface area contributed by atoms with Crippen LogP contribution < -0.4 is 5.32 Å². The molecule has 0 radical (unpaired) electrons. The molecule has 1 aliphatic heterocycles. The molecule has 0 aromatic carbocycles. The van der Waals surface area contributed by atoms with Crippen LogP contribution in [0.5, 0.6) is 0 Å². The van der Waals surface area contributed by atoms with Gasteiger partial charge in [0.25, 0.3) is 0 Å². The Morgan fingerprint density at radius 1 is 1.26 bits per heavy atom. The Balaban J connectivity index is 2.25. The average Bonchev–Trinajstić information content (AvgIpc) is 2.93. The van der Waals surface area contributed by atoms with Crippen molar-refractivity contribution < 1.29 is 9.28 Å². The van der Waals surface area contributed by atoms with Gasteiger partial charge in [-0.1, -0.05) is 31.8 Å². The van der Waals surface area contributed by atoms with Gasteiger partial charge in [0.15, 0.2) is 5.84 Å². The van der Waals surface area contributed by atoms with Gasteiger partial charge >= 0.3 is 0 Å². The van der Waals surface area contributed by atoms with Gasteiger partial charge in [0, 0.05) is 13.3 Å². The highest BCUT2D eigenvalue weighted by Crippen LogP contribution is 2.19. The van der Waals surface area contributed by atoms with Crippen LogP contribution in [0.1, 0.15) is 65.2 Å². The third-order valence-electron chi connectivity index (χ3n) is 4.95. The number of nitrogens with one attached hydrogen (secondary N) is 1. The Morgan fingerprint density at radius 3 is 2.61 bits per heavy atom. The second-order valence-corrected chi connectivity index (χ2v) is 6.64. The number of likely N-dealkylation sites (N-methyl/N-ethyl adjacent to an activating group) is 1. The molecule has 1 rings (SSSR count). The monoisotopic (exact) mass is 322 g/mol. The van der Waals surface area contributed by atoms with Crippen LogP contribution in [0, 0.1) is 0 Å². The van der Waals surface area contributed by atoms with Crippen LogP contribution in [0.25, 0.3) is 0 Å². The van der Waals surface area contributed by atoms with E-state index < -0.39 is 0 Å². The molecule has 4 nitrogen and oxygen atoms in total. The van der Waals surface area contributed by atoms with Crippen LogP contribution in [0.4, 0.5) is 0 Å². The third kappa shape index (κ3) is 7.30.